The van der Waals surface area contributed by atoms with E-state index in [4.69, 9.17) is 20.6 Å². The predicted octanol–water partition coefficient (Wildman–Crippen LogP) is 2.77. The van der Waals surface area contributed by atoms with Gasteiger partial charge in [-0.05, 0) is 42.8 Å². The quantitative estimate of drug-likeness (QED) is 0.194. The van der Waals surface area contributed by atoms with Crippen LogP contribution in [0.25, 0.3) is 5.95 Å². The van der Waals surface area contributed by atoms with Crippen molar-refractivity contribution in [3.63, 3.8) is 0 Å². The van der Waals surface area contributed by atoms with E-state index in [1.54, 1.807) is 30.3 Å². The molecule has 0 aliphatic carbocycles. The SMILES string of the molecule is CCCOc1cc(OC)cc(C(Nc2ccc(C(=N)N)cc2)c2nn(-c3ncccn3)c(=O)[nH]2)c1F. The van der Waals surface area contributed by atoms with Crippen LogP contribution in [-0.4, -0.2) is 44.3 Å². The van der Waals surface area contributed by atoms with E-state index in [1.165, 1.54) is 31.6 Å². The predicted molar refractivity (Wildman–Crippen MR) is 131 cm³/mol. The van der Waals surface area contributed by atoms with Gasteiger partial charge in [0.1, 0.15) is 17.6 Å². The number of halogens is 1. The molecule has 0 spiro atoms. The molecule has 2 aromatic carbocycles. The molecule has 0 fully saturated rings. The fourth-order valence-electron chi connectivity index (χ4n) is 3.45. The topological polar surface area (TPSA) is 157 Å². The van der Waals surface area contributed by atoms with Gasteiger partial charge < -0.3 is 20.5 Å². The number of nitrogens with two attached hydrogens (primary N) is 1. The molecule has 11 nitrogen and oxygen atoms in total. The van der Waals surface area contributed by atoms with Gasteiger partial charge in [-0.25, -0.2) is 19.2 Å². The Hall–Kier alpha value is -4.74. The molecular weight excluding hydrogens is 467 g/mol. The van der Waals surface area contributed by atoms with Gasteiger partial charge in [-0.2, -0.15) is 0 Å². The fraction of sp³-hybridized carbons (Fsp3) is 0.208. The van der Waals surface area contributed by atoms with Gasteiger partial charge in [0, 0.05) is 35.3 Å². The molecule has 0 saturated heterocycles. The first-order chi connectivity index (χ1) is 17.4. The summed E-state index contributed by atoms with van der Waals surface area (Å²) in [5.74, 6) is -0.166. The van der Waals surface area contributed by atoms with Crippen LogP contribution in [0.15, 0.2) is 59.7 Å². The Morgan fingerprint density at radius 3 is 2.61 bits per heavy atom. The third-order valence-electron chi connectivity index (χ3n) is 5.21. The number of hydrogen-bond donors (Lipinski definition) is 4. The van der Waals surface area contributed by atoms with Crippen LogP contribution in [0.1, 0.15) is 36.3 Å². The van der Waals surface area contributed by atoms with E-state index in [0.29, 0.717) is 30.0 Å². The maximum Gasteiger partial charge on any atom is 0.350 e. The van der Waals surface area contributed by atoms with Gasteiger partial charge in [0.25, 0.3) is 5.95 Å². The average molecular weight is 493 g/mol. The normalized spacial score (nSPS) is 11.6. The summed E-state index contributed by atoms with van der Waals surface area (Å²) < 4.78 is 27.7. The van der Waals surface area contributed by atoms with Crippen LogP contribution in [-0.2, 0) is 0 Å². The number of aromatic nitrogens is 5. The number of rotatable bonds is 10. The Morgan fingerprint density at radius 1 is 1.25 bits per heavy atom. The van der Waals surface area contributed by atoms with Crippen molar-refractivity contribution in [3.05, 3.63) is 88.1 Å². The summed E-state index contributed by atoms with van der Waals surface area (Å²) in [5.41, 5.74) is 6.18. The number of ether oxygens (including phenoxy) is 2. The van der Waals surface area contributed by atoms with E-state index in [2.05, 4.69) is 25.4 Å². The Kier molecular flexibility index (Phi) is 7.23. The minimum absolute atomic E-state index is 0.0121. The van der Waals surface area contributed by atoms with Crippen LogP contribution >= 0.6 is 0 Å². The minimum Gasteiger partial charge on any atom is -0.497 e. The summed E-state index contributed by atoms with van der Waals surface area (Å²) in [6.45, 7) is 2.22. The van der Waals surface area contributed by atoms with Crippen LogP contribution in [0.3, 0.4) is 0 Å². The first kappa shape index (κ1) is 24.4. The highest BCUT2D eigenvalue weighted by atomic mass is 19.1. The molecule has 0 amide bonds. The number of aromatic amines is 1. The Morgan fingerprint density at radius 2 is 1.97 bits per heavy atom. The molecule has 4 rings (SSSR count). The molecule has 1 atom stereocenters. The van der Waals surface area contributed by atoms with E-state index >= 15 is 4.39 Å². The molecule has 36 heavy (non-hydrogen) atoms. The lowest BCUT2D eigenvalue weighted by Gasteiger charge is -2.21. The van der Waals surface area contributed by atoms with Crippen molar-refractivity contribution in [1.29, 1.82) is 5.41 Å². The van der Waals surface area contributed by atoms with Crippen molar-refractivity contribution in [1.82, 2.24) is 24.7 Å². The molecule has 0 bridgehead atoms. The Labute approximate surface area is 205 Å². The summed E-state index contributed by atoms with van der Waals surface area (Å²) in [7, 11) is 1.47. The maximum atomic E-state index is 15.7. The molecular formula is C24H25FN8O3. The van der Waals surface area contributed by atoms with Crippen LogP contribution in [0.5, 0.6) is 11.5 Å². The van der Waals surface area contributed by atoms with Crippen molar-refractivity contribution in [2.24, 2.45) is 5.73 Å². The number of nitrogens with one attached hydrogen (secondary N) is 3. The van der Waals surface area contributed by atoms with Crippen LogP contribution < -0.4 is 26.2 Å². The van der Waals surface area contributed by atoms with E-state index in [-0.39, 0.29) is 28.9 Å². The monoisotopic (exact) mass is 492 g/mol. The van der Waals surface area contributed by atoms with Gasteiger partial charge in [-0.1, -0.05) is 6.92 Å². The van der Waals surface area contributed by atoms with Gasteiger partial charge >= 0.3 is 5.69 Å². The smallest absolute Gasteiger partial charge is 0.350 e. The summed E-state index contributed by atoms with van der Waals surface area (Å²) in [6, 6.07) is 10.3. The lowest BCUT2D eigenvalue weighted by molar-refractivity contribution is 0.297. The van der Waals surface area contributed by atoms with Crippen LogP contribution in [0, 0.1) is 11.2 Å². The average Bonchev–Trinajstić information content (AvgIpc) is 3.28. The van der Waals surface area contributed by atoms with Gasteiger partial charge in [-0.15, -0.1) is 9.78 Å². The first-order valence-electron chi connectivity index (χ1n) is 11.1. The molecule has 0 saturated carbocycles. The lowest BCUT2D eigenvalue weighted by Crippen LogP contribution is -2.18. The minimum atomic E-state index is -0.968. The number of nitrogen functional groups attached to an aromatic ring is 1. The zero-order valence-corrected chi connectivity index (χ0v) is 19.7. The summed E-state index contributed by atoms with van der Waals surface area (Å²) in [5, 5.41) is 15.1. The van der Waals surface area contributed by atoms with Gasteiger partial charge in [0.15, 0.2) is 17.4 Å². The molecule has 1 unspecified atom stereocenters. The number of hydrogen-bond acceptors (Lipinski definition) is 8. The number of amidine groups is 1. The third-order valence-corrected chi connectivity index (χ3v) is 5.21. The Balaban J connectivity index is 1.84. The fourth-order valence-corrected chi connectivity index (χ4v) is 3.45. The maximum absolute atomic E-state index is 15.7. The number of anilines is 1. The summed E-state index contributed by atoms with van der Waals surface area (Å²) in [6.07, 6.45) is 3.65. The third kappa shape index (κ3) is 5.17. The summed E-state index contributed by atoms with van der Waals surface area (Å²) in [4.78, 5) is 23.5. The second-order valence-corrected chi connectivity index (χ2v) is 7.72. The molecule has 4 aromatic rings. The Bertz CT molecular complexity index is 1400. The first-order valence-corrected chi connectivity index (χ1v) is 11.1. The zero-order chi connectivity index (χ0) is 25.7. The second kappa shape index (κ2) is 10.7. The van der Waals surface area contributed by atoms with Crippen molar-refractivity contribution >= 4 is 11.5 Å². The standard InChI is InChI=1S/C24H25FN8O3/c1-3-11-36-18-13-16(35-2)12-17(19(18)25)20(30-15-7-5-14(6-8-15)21(26)27)22-31-24(34)33(32-22)23-28-9-4-10-29-23/h4-10,12-13,20,30H,3,11H2,1-2H3,(H3,26,27)(H,31,32,34). The molecule has 2 heterocycles. The number of nitrogens with zero attached hydrogens (tertiary/aromatic N) is 4. The van der Waals surface area contributed by atoms with E-state index in [9.17, 15) is 4.79 Å². The molecule has 12 heteroatoms. The van der Waals surface area contributed by atoms with Crippen molar-refractivity contribution in [2.45, 2.75) is 19.4 Å². The van der Waals surface area contributed by atoms with Crippen LogP contribution in [0.4, 0.5) is 10.1 Å². The molecule has 5 N–H and O–H groups in total. The second-order valence-electron chi connectivity index (χ2n) is 7.72. The summed E-state index contributed by atoms with van der Waals surface area (Å²) >= 11 is 0. The lowest BCUT2D eigenvalue weighted by atomic mass is 10.0. The van der Waals surface area contributed by atoms with Crippen molar-refractivity contribution < 1.29 is 13.9 Å². The number of benzene rings is 2. The van der Waals surface area contributed by atoms with Crippen LogP contribution in [0.2, 0.25) is 0 Å². The highest BCUT2D eigenvalue weighted by molar-refractivity contribution is 5.95. The molecule has 0 aliphatic rings. The molecule has 186 valence electrons. The van der Waals surface area contributed by atoms with E-state index < -0.39 is 17.5 Å². The van der Waals surface area contributed by atoms with Gasteiger partial charge in [0.2, 0.25) is 0 Å². The van der Waals surface area contributed by atoms with Gasteiger partial charge in [0.05, 0.1) is 13.7 Å². The number of methoxy groups -OCH3 is 1. The molecule has 0 aliphatic heterocycles. The van der Waals surface area contributed by atoms with Crippen molar-refractivity contribution in [3.8, 4) is 17.4 Å². The highest BCUT2D eigenvalue weighted by Gasteiger charge is 2.27. The van der Waals surface area contributed by atoms with Crippen molar-refractivity contribution in [2.75, 3.05) is 19.0 Å². The zero-order valence-electron chi connectivity index (χ0n) is 19.7. The molecule has 2 aromatic heterocycles. The molecule has 0 radical (unpaired) electrons. The largest absolute Gasteiger partial charge is 0.497 e. The highest BCUT2D eigenvalue weighted by Crippen LogP contribution is 2.35. The number of H-pyrrole nitrogens is 1. The van der Waals surface area contributed by atoms with Gasteiger partial charge in [-0.3, -0.25) is 10.4 Å². The van der Waals surface area contributed by atoms with E-state index in [0.717, 1.165) is 4.68 Å². The van der Waals surface area contributed by atoms with E-state index in [1.807, 2.05) is 6.92 Å².